The summed E-state index contributed by atoms with van der Waals surface area (Å²) in [4.78, 5) is 18.4. The van der Waals surface area contributed by atoms with Crippen molar-refractivity contribution in [2.45, 2.75) is 18.3 Å². The molecule has 27 heavy (non-hydrogen) atoms. The van der Waals surface area contributed by atoms with Crippen molar-refractivity contribution < 1.29 is 13.9 Å². The fraction of sp³-hybridized carbons (Fsp3) is 0.158. The molecule has 4 rings (SSSR count). The first kappa shape index (κ1) is 17.4. The van der Waals surface area contributed by atoms with Gasteiger partial charge in [0.25, 0.3) is 0 Å². The van der Waals surface area contributed by atoms with Crippen LogP contribution in [0.4, 0.5) is 10.1 Å². The number of nitrogens with zero attached hydrogens (tertiary/aromatic N) is 4. The summed E-state index contributed by atoms with van der Waals surface area (Å²) in [5.74, 6) is -0.554. The van der Waals surface area contributed by atoms with Crippen molar-refractivity contribution in [3.8, 4) is 17.1 Å². The van der Waals surface area contributed by atoms with Gasteiger partial charge in [-0.05, 0) is 18.4 Å². The fourth-order valence-electron chi connectivity index (χ4n) is 3.02. The third-order valence-corrected chi connectivity index (χ3v) is 4.74. The molecule has 1 amide bonds. The lowest BCUT2D eigenvalue weighted by molar-refractivity contribution is -0.118. The van der Waals surface area contributed by atoms with Gasteiger partial charge in [0.2, 0.25) is 23.2 Å². The van der Waals surface area contributed by atoms with E-state index in [0.29, 0.717) is 22.1 Å². The quantitative estimate of drug-likeness (QED) is 0.627. The van der Waals surface area contributed by atoms with Gasteiger partial charge in [-0.15, -0.1) is 10.2 Å². The number of aromatic nitrogens is 3. The molecule has 0 spiro atoms. The smallest absolute Gasteiger partial charge is 0.247 e. The highest BCUT2D eigenvalue weighted by Crippen LogP contribution is 2.43. The third-order valence-electron chi connectivity index (χ3n) is 4.20. The molecule has 0 saturated heterocycles. The van der Waals surface area contributed by atoms with Crippen LogP contribution >= 0.6 is 11.8 Å². The van der Waals surface area contributed by atoms with Crippen LogP contribution in [-0.4, -0.2) is 27.3 Å². The molecule has 136 valence electrons. The van der Waals surface area contributed by atoms with Crippen LogP contribution in [0.2, 0.25) is 0 Å². The van der Waals surface area contributed by atoms with Crippen molar-refractivity contribution in [1.82, 2.24) is 15.2 Å². The summed E-state index contributed by atoms with van der Waals surface area (Å²) in [5.41, 5.74) is 1.85. The summed E-state index contributed by atoms with van der Waals surface area (Å²) in [6, 6.07) is 13.4. The van der Waals surface area contributed by atoms with Crippen LogP contribution in [-0.2, 0) is 4.79 Å². The topological polar surface area (TPSA) is 68.2 Å². The van der Waals surface area contributed by atoms with Gasteiger partial charge in [-0.1, -0.05) is 48.2 Å². The van der Waals surface area contributed by atoms with E-state index in [-0.39, 0.29) is 17.4 Å². The molecular weight excluding hydrogens is 367 g/mol. The Labute approximate surface area is 159 Å². The largest absolute Gasteiger partial charge is 0.447 e. The molecule has 3 aromatic rings. The Morgan fingerprint density at radius 3 is 2.63 bits per heavy atom. The van der Waals surface area contributed by atoms with Crippen molar-refractivity contribution >= 4 is 23.4 Å². The maximum absolute atomic E-state index is 14.6. The molecule has 1 aliphatic rings. The summed E-state index contributed by atoms with van der Waals surface area (Å²) < 4.78 is 20.6. The van der Waals surface area contributed by atoms with E-state index in [0.717, 1.165) is 0 Å². The molecule has 0 saturated carbocycles. The first-order valence-electron chi connectivity index (χ1n) is 8.19. The standard InChI is InChI=1S/C19H15FN4O2S/c1-11(25)24-15-10-6-4-8-13(15)16-17(21-19(27-2)23-22-16)26-18(24)12-7-3-5-9-14(12)20/h3-10,18H,1-2H3/t18-/m0/s1. The summed E-state index contributed by atoms with van der Waals surface area (Å²) in [6.45, 7) is 1.41. The van der Waals surface area contributed by atoms with Gasteiger partial charge in [-0.2, -0.15) is 4.98 Å². The minimum Gasteiger partial charge on any atom is -0.447 e. The van der Waals surface area contributed by atoms with Crippen LogP contribution in [0, 0.1) is 5.82 Å². The molecule has 1 atom stereocenters. The van der Waals surface area contributed by atoms with Gasteiger partial charge in [-0.3, -0.25) is 9.69 Å². The first-order chi connectivity index (χ1) is 13.1. The minimum atomic E-state index is -1.02. The number of anilines is 1. The Morgan fingerprint density at radius 1 is 1.15 bits per heavy atom. The zero-order chi connectivity index (χ0) is 19.0. The van der Waals surface area contributed by atoms with Crippen molar-refractivity contribution in [2.24, 2.45) is 0 Å². The summed E-state index contributed by atoms with van der Waals surface area (Å²) in [7, 11) is 0. The highest BCUT2D eigenvalue weighted by Gasteiger charge is 2.35. The predicted octanol–water partition coefficient (Wildman–Crippen LogP) is 3.84. The number of carbonyl (C=O) groups is 1. The average Bonchev–Trinajstić information content (AvgIpc) is 2.82. The zero-order valence-corrected chi connectivity index (χ0v) is 15.4. The van der Waals surface area contributed by atoms with E-state index < -0.39 is 12.0 Å². The normalized spacial score (nSPS) is 15.4. The number of hydrogen-bond acceptors (Lipinski definition) is 6. The molecule has 0 radical (unpaired) electrons. The van der Waals surface area contributed by atoms with E-state index in [1.54, 1.807) is 30.3 Å². The second-order valence-electron chi connectivity index (χ2n) is 5.85. The highest BCUT2D eigenvalue weighted by atomic mass is 32.2. The van der Waals surface area contributed by atoms with Crippen LogP contribution in [0.1, 0.15) is 18.7 Å². The van der Waals surface area contributed by atoms with Gasteiger partial charge in [-0.25, -0.2) is 4.39 Å². The highest BCUT2D eigenvalue weighted by molar-refractivity contribution is 7.98. The van der Waals surface area contributed by atoms with E-state index in [2.05, 4.69) is 15.2 Å². The van der Waals surface area contributed by atoms with Crippen molar-refractivity contribution in [2.75, 3.05) is 11.2 Å². The first-order valence-corrected chi connectivity index (χ1v) is 9.41. The lowest BCUT2D eigenvalue weighted by atomic mass is 10.1. The molecule has 2 heterocycles. The number of thioether (sulfide) groups is 1. The average molecular weight is 382 g/mol. The molecule has 1 aromatic heterocycles. The van der Waals surface area contributed by atoms with Gasteiger partial charge in [0.15, 0.2) is 5.69 Å². The SMILES string of the molecule is CSc1nnc2c(n1)O[C@@H](c1ccccc1F)N(C(C)=O)c1ccccc1-2. The van der Waals surface area contributed by atoms with Crippen LogP contribution in [0.3, 0.4) is 0 Å². The molecule has 0 aliphatic carbocycles. The van der Waals surface area contributed by atoms with Gasteiger partial charge in [0.1, 0.15) is 5.82 Å². The van der Waals surface area contributed by atoms with Gasteiger partial charge >= 0.3 is 0 Å². The minimum absolute atomic E-state index is 0.207. The zero-order valence-electron chi connectivity index (χ0n) is 14.6. The Balaban J connectivity index is 2.00. The van der Waals surface area contributed by atoms with Crippen molar-refractivity contribution in [3.05, 3.63) is 59.9 Å². The van der Waals surface area contributed by atoms with Crippen LogP contribution in [0.25, 0.3) is 11.3 Å². The molecule has 6 nitrogen and oxygen atoms in total. The van der Waals surface area contributed by atoms with E-state index in [9.17, 15) is 9.18 Å². The molecule has 0 unspecified atom stereocenters. The molecule has 1 aliphatic heterocycles. The van der Waals surface area contributed by atoms with Crippen molar-refractivity contribution in [1.29, 1.82) is 0 Å². The molecule has 8 heteroatoms. The number of halogens is 1. The lowest BCUT2D eigenvalue weighted by Crippen LogP contribution is -2.36. The number of amides is 1. The Kier molecular flexibility index (Phi) is 4.49. The number of para-hydroxylation sites is 1. The fourth-order valence-corrected chi connectivity index (χ4v) is 3.31. The van der Waals surface area contributed by atoms with E-state index in [4.69, 9.17) is 4.74 Å². The number of hydrogen-bond donors (Lipinski definition) is 0. The van der Waals surface area contributed by atoms with Crippen LogP contribution < -0.4 is 9.64 Å². The number of benzene rings is 2. The second kappa shape index (κ2) is 6.96. The van der Waals surface area contributed by atoms with E-state index >= 15 is 0 Å². The number of rotatable bonds is 2. The van der Waals surface area contributed by atoms with Gasteiger partial charge in [0, 0.05) is 18.1 Å². The summed E-state index contributed by atoms with van der Waals surface area (Å²) in [5, 5.41) is 8.75. The molecule has 2 aromatic carbocycles. The third kappa shape index (κ3) is 3.02. The Hall–Kier alpha value is -3.00. The number of carbonyl (C=O) groups excluding carboxylic acids is 1. The van der Waals surface area contributed by atoms with Gasteiger partial charge < -0.3 is 4.74 Å². The van der Waals surface area contributed by atoms with E-state index in [1.807, 2.05) is 18.4 Å². The predicted molar refractivity (Wildman–Crippen MR) is 100.0 cm³/mol. The Morgan fingerprint density at radius 2 is 1.89 bits per heavy atom. The van der Waals surface area contributed by atoms with Crippen molar-refractivity contribution in [3.63, 3.8) is 0 Å². The molecular formula is C19H15FN4O2S. The second-order valence-corrected chi connectivity index (χ2v) is 6.62. The maximum Gasteiger partial charge on any atom is 0.247 e. The summed E-state index contributed by atoms with van der Waals surface area (Å²) >= 11 is 1.32. The van der Waals surface area contributed by atoms with E-state index in [1.165, 1.54) is 29.7 Å². The van der Waals surface area contributed by atoms with Crippen LogP contribution in [0.15, 0.2) is 53.7 Å². The lowest BCUT2D eigenvalue weighted by Gasteiger charge is -2.30. The number of ether oxygens (including phenoxy) is 1. The summed E-state index contributed by atoms with van der Waals surface area (Å²) in [6.07, 6.45) is 0.807. The molecule has 0 fully saturated rings. The van der Waals surface area contributed by atoms with Gasteiger partial charge in [0.05, 0.1) is 5.69 Å². The maximum atomic E-state index is 14.6. The molecule has 0 bridgehead atoms. The van der Waals surface area contributed by atoms with Crippen LogP contribution in [0.5, 0.6) is 5.88 Å². The molecule has 0 N–H and O–H groups in total. The number of fused-ring (bicyclic) bond motifs is 3. The Bertz CT molecular complexity index is 1030. The monoisotopic (exact) mass is 382 g/mol.